The van der Waals surface area contributed by atoms with Crippen molar-refractivity contribution in [3.63, 3.8) is 0 Å². The Morgan fingerprint density at radius 2 is 1.90 bits per heavy atom. The summed E-state index contributed by atoms with van der Waals surface area (Å²) in [5.41, 5.74) is 1.24. The van der Waals surface area contributed by atoms with E-state index in [-0.39, 0.29) is 6.84 Å². The van der Waals surface area contributed by atoms with Gasteiger partial charge in [-0.05, 0) is 46.2 Å². The van der Waals surface area contributed by atoms with Crippen LogP contribution in [0.4, 0.5) is 5.82 Å². The second-order valence-corrected chi connectivity index (χ2v) is 7.14. The van der Waals surface area contributed by atoms with E-state index in [0.29, 0.717) is 6.04 Å². The summed E-state index contributed by atoms with van der Waals surface area (Å²) in [6.45, 7) is 6.68. The number of rotatable bonds is 5. The van der Waals surface area contributed by atoms with Crippen molar-refractivity contribution >= 4 is 5.82 Å². The van der Waals surface area contributed by atoms with Crippen LogP contribution >= 0.6 is 0 Å². The first-order valence-corrected chi connectivity index (χ1v) is 8.18. The molecule has 0 radical (unpaired) electrons. The molecule has 1 fully saturated rings. The van der Waals surface area contributed by atoms with Crippen LogP contribution in [-0.4, -0.2) is 41.0 Å². The average molecular weight is 292 g/mol. The van der Waals surface area contributed by atoms with E-state index < -0.39 is 0 Å². The molecule has 0 spiro atoms. The molecule has 0 aromatic carbocycles. The first-order valence-electron chi connectivity index (χ1n) is 8.18. The Hall–Kier alpha value is -1.16. The maximum Gasteiger partial charge on any atom is 0.129 e. The molecule has 1 aromatic rings. The van der Waals surface area contributed by atoms with Gasteiger partial charge in [-0.25, -0.2) is 9.97 Å². The van der Waals surface area contributed by atoms with E-state index in [4.69, 9.17) is 0 Å². The highest BCUT2D eigenvalue weighted by molar-refractivity contribution is 5.38. The minimum Gasteiger partial charge on any atom is -0.367 e. The van der Waals surface area contributed by atoms with Crippen LogP contribution < -0.4 is 5.32 Å². The van der Waals surface area contributed by atoms with Crippen molar-refractivity contribution in [1.82, 2.24) is 14.9 Å². The molecule has 0 aliphatic heterocycles. The van der Waals surface area contributed by atoms with Gasteiger partial charge in [-0.15, -0.1) is 0 Å². The third kappa shape index (κ3) is 4.16. The summed E-state index contributed by atoms with van der Waals surface area (Å²) in [7, 11) is 4.36. The van der Waals surface area contributed by atoms with Crippen LogP contribution in [0, 0.1) is 0 Å². The minimum atomic E-state index is 0. The summed E-state index contributed by atoms with van der Waals surface area (Å²) < 4.78 is 0. The number of aromatic nitrogens is 2. The number of anilines is 1. The number of hydrogen-bond acceptors (Lipinski definition) is 4. The summed E-state index contributed by atoms with van der Waals surface area (Å²) >= 11 is 0. The first-order chi connectivity index (χ1) is 9.92. The molecule has 1 aliphatic carbocycles. The van der Waals surface area contributed by atoms with Gasteiger partial charge in [0, 0.05) is 25.0 Å². The lowest BCUT2D eigenvalue weighted by atomic mass is 9.86. The fourth-order valence-electron chi connectivity index (χ4n) is 2.93. The van der Waals surface area contributed by atoms with Gasteiger partial charge in [-0.2, -0.15) is 0 Å². The largest absolute Gasteiger partial charge is 0.367 e. The molecule has 120 valence electrons. The molecule has 1 N–H and O–H groups in total. The van der Waals surface area contributed by atoms with Crippen molar-refractivity contribution < 1.29 is 1.43 Å². The van der Waals surface area contributed by atoms with Crippen LogP contribution in [0.1, 0.15) is 60.0 Å². The third-order valence-electron chi connectivity index (χ3n) is 5.02. The quantitative estimate of drug-likeness (QED) is 0.898. The first kappa shape index (κ1) is 16.2. The topological polar surface area (TPSA) is 41.0 Å². The molecule has 2 rings (SSSR count). The predicted molar refractivity (Wildman–Crippen MR) is 90.8 cm³/mol. The molecule has 0 amide bonds. The molecule has 1 aliphatic rings. The lowest BCUT2D eigenvalue weighted by molar-refractivity contribution is 0.221. The standard InChI is InChI=1S/C17H30N4.H2/c1-6-17(2,3)15-11-16(19-12-18-15)20-13-7-9-14(10-8-13)21(4)5;/h11-14H,6-10H2,1-5H3,(H,18,19,20);1H. The van der Waals surface area contributed by atoms with Gasteiger partial charge in [0.15, 0.2) is 0 Å². The summed E-state index contributed by atoms with van der Waals surface area (Å²) in [4.78, 5) is 11.2. The van der Waals surface area contributed by atoms with Gasteiger partial charge < -0.3 is 10.2 Å². The van der Waals surface area contributed by atoms with E-state index in [1.54, 1.807) is 6.33 Å². The molecular formula is C17H32N4. The highest BCUT2D eigenvalue weighted by Crippen LogP contribution is 2.27. The number of nitrogens with one attached hydrogen (secondary N) is 1. The molecule has 1 saturated carbocycles. The highest BCUT2D eigenvalue weighted by atomic mass is 15.1. The summed E-state index contributed by atoms with van der Waals surface area (Å²) in [5.74, 6) is 0.981. The van der Waals surface area contributed by atoms with Crippen LogP contribution in [0.15, 0.2) is 12.4 Å². The summed E-state index contributed by atoms with van der Waals surface area (Å²) in [6, 6.07) is 3.42. The molecule has 1 heterocycles. The Labute approximate surface area is 130 Å². The van der Waals surface area contributed by atoms with E-state index >= 15 is 0 Å². The fourth-order valence-corrected chi connectivity index (χ4v) is 2.93. The molecule has 0 bridgehead atoms. The molecule has 0 atom stereocenters. The smallest absolute Gasteiger partial charge is 0.129 e. The lowest BCUT2D eigenvalue weighted by Crippen LogP contribution is -2.36. The molecule has 0 saturated heterocycles. The van der Waals surface area contributed by atoms with Crippen molar-refractivity contribution in [2.24, 2.45) is 0 Å². The van der Waals surface area contributed by atoms with Crippen molar-refractivity contribution in [2.75, 3.05) is 19.4 Å². The van der Waals surface area contributed by atoms with Gasteiger partial charge >= 0.3 is 0 Å². The van der Waals surface area contributed by atoms with Crippen LogP contribution in [0.25, 0.3) is 0 Å². The normalized spacial score (nSPS) is 23.3. The summed E-state index contributed by atoms with van der Waals surface area (Å²) in [5, 5.41) is 3.61. The number of hydrogen-bond donors (Lipinski definition) is 1. The third-order valence-corrected chi connectivity index (χ3v) is 5.02. The monoisotopic (exact) mass is 292 g/mol. The van der Waals surface area contributed by atoms with Gasteiger partial charge in [0.25, 0.3) is 0 Å². The Balaban J connectivity index is 0.00000242. The van der Waals surface area contributed by atoms with E-state index in [1.165, 1.54) is 25.7 Å². The van der Waals surface area contributed by atoms with E-state index in [0.717, 1.165) is 24.0 Å². The predicted octanol–water partition coefficient (Wildman–Crippen LogP) is 3.69. The lowest BCUT2D eigenvalue weighted by Gasteiger charge is -2.33. The molecule has 4 nitrogen and oxygen atoms in total. The maximum atomic E-state index is 4.45. The second-order valence-electron chi connectivity index (χ2n) is 7.14. The molecule has 21 heavy (non-hydrogen) atoms. The van der Waals surface area contributed by atoms with E-state index in [1.807, 2.05) is 0 Å². The second kappa shape index (κ2) is 6.73. The highest BCUT2D eigenvalue weighted by Gasteiger charge is 2.24. The van der Waals surface area contributed by atoms with E-state index in [9.17, 15) is 0 Å². The molecule has 0 unspecified atom stereocenters. The van der Waals surface area contributed by atoms with Crippen molar-refractivity contribution in [1.29, 1.82) is 0 Å². The van der Waals surface area contributed by atoms with Gasteiger partial charge in [0.05, 0.1) is 5.69 Å². The van der Waals surface area contributed by atoms with Gasteiger partial charge in [0.1, 0.15) is 12.1 Å². The maximum absolute atomic E-state index is 4.45. The van der Waals surface area contributed by atoms with E-state index in [2.05, 4.69) is 61.1 Å². The fraction of sp³-hybridized carbons (Fsp3) is 0.765. The zero-order valence-corrected chi connectivity index (χ0v) is 14.2. The van der Waals surface area contributed by atoms with Crippen molar-refractivity contribution in [3.05, 3.63) is 18.1 Å². The van der Waals surface area contributed by atoms with Gasteiger partial charge in [-0.1, -0.05) is 20.8 Å². The van der Waals surface area contributed by atoms with Gasteiger partial charge in [0.2, 0.25) is 0 Å². The van der Waals surface area contributed by atoms with Gasteiger partial charge in [-0.3, -0.25) is 0 Å². The summed E-state index contributed by atoms with van der Waals surface area (Å²) in [6.07, 6.45) is 7.75. The Morgan fingerprint density at radius 1 is 1.24 bits per heavy atom. The van der Waals surface area contributed by atoms with Crippen LogP contribution in [0.5, 0.6) is 0 Å². The minimum absolute atomic E-state index is 0. The molecule has 4 heteroatoms. The molecular weight excluding hydrogens is 260 g/mol. The Kier molecular flexibility index (Phi) is 5.20. The van der Waals surface area contributed by atoms with Crippen LogP contribution in [-0.2, 0) is 5.41 Å². The van der Waals surface area contributed by atoms with Crippen LogP contribution in [0.2, 0.25) is 0 Å². The Morgan fingerprint density at radius 3 is 2.48 bits per heavy atom. The Bertz CT molecular complexity index is 454. The zero-order chi connectivity index (χ0) is 15.5. The van der Waals surface area contributed by atoms with Crippen molar-refractivity contribution in [2.45, 2.75) is 70.4 Å². The SMILES string of the molecule is CCC(C)(C)c1cc(NC2CCC(N(C)C)CC2)ncn1.[HH]. The number of nitrogens with zero attached hydrogens (tertiary/aromatic N) is 3. The average Bonchev–Trinajstić information content (AvgIpc) is 2.48. The molecule has 1 aromatic heterocycles. The van der Waals surface area contributed by atoms with Crippen LogP contribution in [0.3, 0.4) is 0 Å². The zero-order valence-electron chi connectivity index (χ0n) is 14.2. The van der Waals surface area contributed by atoms with Crippen molar-refractivity contribution in [3.8, 4) is 0 Å².